The Morgan fingerprint density at radius 3 is 2.48 bits per heavy atom. The number of hydrogen-bond acceptors (Lipinski definition) is 4. The molecule has 1 aromatic heterocycles. The molecule has 0 aliphatic heterocycles. The molecule has 4 nitrogen and oxygen atoms in total. The zero-order valence-electron chi connectivity index (χ0n) is 13.6. The van der Waals surface area contributed by atoms with Gasteiger partial charge >= 0.3 is 5.97 Å². The standard InChI is InChI=1S/C15H24BrNO3Si/c1-7-19-14(18)12-9-8-11(16)13(17-12)10-20-21(5,6)15(2,3)4/h8-9H,7,10H2,1-6H3. The Kier molecular flexibility index (Phi) is 6.13. The van der Waals surface area contributed by atoms with Crippen LogP contribution >= 0.6 is 15.9 Å². The Balaban J connectivity index is 2.89. The van der Waals surface area contributed by atoms with Gasteiger partial charge in [-0.25, -0.2) is 9.78 Å². The number of nitrogens with zero attached hydrogens (tertiary/aromatic N) is 1. The van der Waals surface area contributed by atoms with Crippen LogP contribution in [0.1, 0.15) is 43.9 Å². The van der Waals surface area contributed by atoms with E-state index < -0.39 is 14.3 Å². The van der Waals surface area contributed by atoms with Crippen LogP contribution in [0.3, 0.4) is 0 Å². The molecule has 1 aromatic rings. The van der Waals surface area contributed by atoms with Crippen molar-refractivity contribution in [2.75, 3.05) is 6.61 Å². The van der Waals surface area contributed by atoms with Crippen LogP contribution in [0.5, 0.6) is 0 Å². The van der Waals surface area contributed by atoms with Crippen LogP contribution in [0.4, 0.5) is 0 Å². The summed E-state index contributed by atoms with van der Waals surface area (Å²) in [4.78, 5) is 16.1. The van der Waals surface area contributed by atoms with Crippen LogP contribution in [-0.2, 0) is 15.8 Å². The van der Waals surface area contributed by atoms with E-state index in [0.717, 1.165) is 10.2 Å². The average Bonchev–Trinajstić information content (AvgIpc) is 2.36. The van der Waals surface area contributed by atoms with E-state index in [2.05, 4.69) is 54.8 Å². The SMILES string of the molecule is CCOC(=O)c1ccc(Br)c(CO[Si](C)(C)C(C)(C)C)n1. The van der Waals surface area contributed by atoms with Crippen LogP contribution < -0.4 is 0 Å². The molecular formula is C15H24BrNO3Si. The summed E-state index contributed by atoms with van der Waals surface area (Å²) in [5, 5.41) is 0.137. The van der Waals surface area contributed by atoms with E-state index in [1.807, 2.05) is 6.07 Å². The number of aromatic nitrogens is 1. The molecular weight excluding hydrogens is 350 g/mol. The Morgan fingerprint density at radius 2 is 1.95 bits per heavy atom. The first-order valence-electron chi connectivity index (χ1n) is 7.05. The van der Waals surface area contributed by atoms with Crippen molar-refractivity contribution in [2.24, 2.45) is 0 Å². The molecule has 0 aromatic carbocycles. The summed E-state index contributed by atoms with van der Waals surface area (Å²) in [6.45, 7) is 13.5. The van der Waals surface area contributed by atoms with Crippen LogP contribution in [0.25, 0.3) is 0 Å². The second kappa shape index (κ2) is 7.02. The summed E-state index contributed by atoms with van der Waals surface area (Å²) in [6, 6.07) is 3.46. The highest BCUT2D eigenvalue weighted by Gasteiger charge is 2.37. The zero-order chi connectivity index (χ0) is 16.3. The second-order valence-electron chi connectivity index (χ2n) is 6.39. The third kappa shape index (κ3) is 4.90. The van der Waals surface area contributed by atoms with Crippen LogP contribution in [-0.4, -0.2) is 25.9 Å². The van der Waals surface area contributed by atoms with Crippen molar-refractivity contribution in [1.82, 2.24) is 4.98 Å². The zero-order valence-corrected chi connectivity index (χ0v) is 16.2. The molecule has 118 valence electrons. The maximum absolute atomic E-state index is 11.7. The number of pyridine rings is 1. The van der Waals surface area contributed by atoms with Gasteiger partial charge in [0.2, 0.25) is 0 Å². The van der Waals surface area contributed by atoms with E-state index in [4.69, 9.17) is 9.16 Å². The lowest BCUT2D eigenvalue weighted by Gasteiger charge is -2.36. The number of hydrogen-bond donors (Lipinski definition) is 0. The quantitative estimate of drug-likeness (QED) is 0.561. The van der Waals surface area contributed by atoms with E-state index >= 15 is 0 Å². The van der Waals surface area contributed by atoms with Gasteiger partial charge in [-0.15, -0.1) is 0 Å². The van der Waals surface area contributed by atoms with E-state index in [1.54, 1.807) is 13.0 Å². The van der Waals surface area contributed by atoms with Gasteiger partial charge in [-0.3, -0.25) is 0 Å². The summed E-state index contributed by atoms with van der Waals surface area (Å²) in [7, 11) is -1.85. The van der Waals surface area contributed by atoms with Crippen LogP contribution in [0, 0.1) is 0 Å². The molecule has 0 radical (unpaired) electrons. The minimum absolute atomic E-state index is 0.137. The fourth-order valence-electron chi connectivity index (χ4n) is 1.37. The molecule has 0 aliphatic carbocycles. The van der Waals surface area contributed by atoms with Gasteiger partial charge in [0.15, 0.2) is 8.32 Å². The van der Waals surface area contributed by atoms with Gasteiger partial charge in [0.05, 0.1) is 18.9 Å². The molecule has 0 amide bonds. The van der Waals surface area contributed by atoms with Gasteiger partial charge in [0.1, 0.15) is 5.69 Å². The number of esters is 1. The van der Waals surface area contributed by atoms with Gasteiger partial charge in [-0.1, -0.05) is 20.8 Å². The highest BCUT2D eigenvalue weighted by molar-refractivity contribution is 9.10. The van der Waals surface area contributed by atoms with E-state index in [0.29, 0.717) is 18.9 Å². The number of rotatable bonds is 5. The van der Waals surface area contributed by atoms with Gasteiger partial charge in [-0.05, 0) is 53.1 Å². The largest absolute Gasteiger partial charge is 0.461 e. The Bertz CT molecular complexity index is 512. The van der Waals surface area contributed by atoms with E-state index in [1.165, 1.54) is 0 Å². The molecule has 0 saturated carbocycles. The molecule has 0 fully saturated rings. The Hall–Kier alpha value is -0.723. The van der Waals surface area contributed by atoms with Gasteiger partial charge in [-0.2, -0.15) is 0 Å². The van der Waals surface area contributed by atoms with Crippen LogP contribution in [0.15, 0.2) is 16.6 Å². The van der Waals surface area contributed by atoms with Crippen molar-refractivity contribution in [3.63, 3.8) is 0 Å². The molecule has 0 saturated heterocycles. The summed E-state index contributed by atoms with van der Waals surface area (Å²) in [5.41, 5.74) is 1.04. The number of halogens is 1. The topological polar surface area (TPSA) is 48.4 Å². The highest BCUT2D eigenvalue weighted by Crippen LogP contribution is 2.37. The highest BCUT2D eigenvalue weighted by atomic mass is 79.9. The Labute approximate surface area is 136 Å². The first kappa shape index (κ1) is 18.3. The van der Waals surface area contributed by atoms with E-state index in [-0.39, 0.29) is 5.04 Å². The molecule has 0 spiro atoms. The maximum atomic E-state index is 11.7. The molecule has 1 rings (SSSR count). The summed E-state index contributed by atoms with van der Waals surface area (Å²) >= 11 is 3.46. The summed E-state index contributed by atoms with van der Waals surface area (Å²) in [5.74, 6) is -0.404. The van der Waals surface area contributed by atoms with Crippen molar-refractivity contribution in [2.45, 2.75) is 52.4 Å². The van der Waals surface area contributed by atoms with Crippen molar-refractivity contribution < 1.29 is 14.0 Å². The maximum Gasteiger partial charge on any atom is 0.356 e. The number of ether oxygens (including phenoxy) is 1. The molecule has 0 bridgehead atoms. The van der Waals surface area contributed by atoms with Gasteiger partial charge in [0.25, 0.3) is 0 Å². The lowest BCUT2D eigenvalue weighted by atomic mass is 10.2. The molecule has 0 atom stereocenters. The summed E-state index contributed by atoms with van der Waals surface area (Å²) in [6.07, 6.45) is 0. The van der Waals surface area contributed by atoms with Crippen molar-refractivity contribution in [3.8, 4) is 0 Å². The monoisotopic (exact) mass is 373 g/mol. The van der Waals surface area contributed by atoms with E-state index in [9.17, 15) is 4.79 Å². The van der Waals surface area contributed by atoms with Gasteiger partial charge in [0, 0.05) is 4.47 Å². The van der Waals surface area contributed by atoms with Gasteiger partial charge < -0.3 is 9.16 Å². The molecule has 1 heterocycles. The van der Waals surface area contributed by atoms with Crippen LogP contribution in [0.2, 0.25) is 18.1 Å². The lowest BCUT2D eigenvalue weighted by Crippen LogP contribution is -2.40. The first-order valence-corrected chi connectivity index (χ1v) is 10.7. The van der Waals surface area contributed by atoms with Crippen molar-refractivity contribution >= 4 is 30.2 Å². The number of carbonyl (C=O) groups excluding carboxylic acids is 1. The minimum Gasteiger partial charge on any atom is -0.461 e. The molecule has 21 heavy (non-hydrogen) atoms. The third-order valence-electron chi connectivity index (χ3n) is 3.78. The molecule has 0 aliphatic rings. The molecule has 0 N–H and O–H groups in total. The minimum atomic E-state index is -1.85. The molecule has 6 heteroatoms. The predicted molar refractivity (Wildman–Crippen MR) is 89.9 cm³/mol. The smallest absolute Gasteiger partial charge is 0.356 e. The van der Waals surface area contributed by atoms with Crippen molar-refractivity contribution in [1.29, 1.82) is 0 Å². The number of carbonyl (C=O) groups is 1. The summed E-state index contributed by atoms with van der Waals surface area (Å²) < 4.78 is 12.0. The first-order chi connectivity index (χ1) is 9.58. The fourth-order valence-corrected chi connectivity index (χ4v) is 2.64. The third-order valence-corrected chi connectivity index (χ3v) is 8.98. The lowest BCUT2D eigenvalue weighted by molar-refractivity contribution is 0.0519. The second-order valence-corrected chi connectivity index (χ2v) is 12.1. The fraction of sp³-hybridized carbons (Fsp3) is 0.600. The van der Waals surface area contributed by atoms with Crippen molar-refractivity contribution in [3.05, 3.63) is 28.0 Å². The normalized spacial score (nSPS) is 12.3. The molecule has 0 unspecified atom stereocenters. The Morgan fingerprint density at radius 1 is 1.33 bits per heavy atom. The predicted octanol–water partition coefficient (Wildman–Crippen LogP) is 4.54. The average molecular weight is 374 g/mol.